The summed E-state index contributed by atoms with van der Waals surface area (Å²) in [6.07, 6.45) is 6.75. The van der Waals surface area contributed by atoms with Gasteiger partial charge in [-0.15, -0.1) is 11.3 Å². The minimum atomic E-state index is -1.17. The van der Waals surface area contributed by atoms with Crippen LogP contribution in [-0.4, -0.2) is 173 Å². The molecule has 18 heteroatoms. The van der Waals surface area contributed by atoms with Gasteiger partial charge in [0.2, 0.25) is 11.8 Å². The lowest BCUT2D eigenvalue weighted by atomic mass is 9.73. The van der Waals surface area contributed by atoms with E-state index in [0.717, 1.165) is 83.7 Å². The maximum atomic E-state index is 15.5. The number of esters is 1. The zero-order valence-corrected chi connectivity index (χ0v) is 46.7. The first-order valence-corrected chi connectivity index (χ1v) is 29.1. The van der Waals surface area contributed by atoms with Crippen LogP contribution in [-0.2, 0) is 39.8 Å². The van der Waals surface area contributed by atoms with E-state index in [1.807, 2.05) is 31.5 Å². The number of nitrogens with zero attached hydrogens (tertiary/aromatic N) is 8. The lowest BCUT2D eigenvalue weighted by molar-refractivity contribution is -0.173. The van der Waals surface area contributed by atoms with Crippen molar-refractivity contribution in [2.75, 3.05) is 73.7 Å². The molecule has 6 saturated heterocycles. The fraction of sp³-hybridized carbons (Fsp3) is 0.655. The molecule has 9 atom stereocenters. The Morgan fingerprint density at radius 1 is 1.01 bits per heavy atom. The second kappa shape index (κ2) is 19.8. The van der Waals surface area contributed by atoms with Crippen molar-refractivity contribution >= 4 is 45.9 Å². The van der Waals surface area contributed by atoms with Crippen molar-refractivity contribution in [2.24, 2.45) is 28.6 Å². The lowest BCUT2D eigenvalue weighted by Gasteiger charge is -2.53. The molecule has 2 aliphatic carbocycles. The van der Waals surface area contributed by atoms with Crippen LogP contribution in [0.3, 0.4) is 0 Å². The molecule has 9 aliphatic rings. The van der Waals surface area contributed by atoms with Gasteiger partial charge in [-0.05, 0) is 127 Å². The smallest absolute Gasteiger partial charge is 0.325 e. The molecule has 4 aromatic rings. The molecule has 1 aromatic carbocycles. The molecule has 8 fully saturated rings. The first kappa shape index (κ1) is 51.9. The Hall–Kier alpha value is -4.82. The number of cyclic esters (lactones) is 1. The number of hydrogen-bond acceptors (Lipinski definition) is 14. The first-order chi connectivity index (χ1) is 36.5. The highest BCUT2D eigenvalue weighted by atomic mass is 32.1. The van der Waals surface area contributed by atoms with E-state index in [2.05, 4.69) is 101 Å². The summed E-state index contributed by atoms with van der Waals surface area (Å²) in [7, 11) is 5.95. The normalized spacial score (nSPS) is 31.6. The van der Waals surface area contributed by atoms with Gasteiger partial charge in [-0.3, -0.25) is 39.0 Å². The van der Waals surface area contributed by atoms with Crippen LogP contribution in [0.1, 0.15) is 115 Å². The average Bonchev–Trinajstić information content (AvgIpc) is 4.13. The number of hydrazine groups is 1. The van der Waals surface area contributed by atoms with E-state index in [9.17, 15) is 9.59 Å². The van der Waals surface area contributed by atoms with Crippen LogP contribution in [0.4, 0.5) is 0 Å². The number of benzene rings is 1. The SMILES string of the molecule is CCO[C@@H]1c2nc(cs2)-c2ccc3c(c2)c(c(-c2cccnc2[C@H](C)OC)n3C2CN(C)C2)CC(C)(C)COC(=O)[C@H]2NN(C(=O)[C@H]1NC(=O)[C@H](C(C)C)N1CC[C@]3(CCN(C(=O)[C@H]4[C@@H](C5CC5)N4C)C3)C1)C1CC2C1. The zero-order valence-electron chi connectivity index (χ0n) is 45.9. The van der Waals surface area contributed by atoms with Gasteiger partial charge in [0, 0.05) is 103 Å². The van der Waals surface area contributed by atoms with E-state index in [1.54, 1.807) is 12.1 Å². The fourth-order valence-electron chi connectivity index (χ4n) is 14.3. The van der Waals surface area contributed by atoms with E-state index in [4.69, 9.17) is 24.2 Å². The number of aromatic nitrogens is 3. The van der Waals surface area contributed by atoms with Crippen LogP contribution >= 0.6 is 11.3 Å². The van der Waals surface area contributed by atoms with Gasteiger partial charge < -0.3 is 33.9 Å². The third kappa shape index (κ3) is 9.18. The number of amides is 3. The average molecular weight is 1060 g/mol. The highest BCUT2D eigenvalue weighted by Gasteiger charge is 2.59. The van der Waals surface area contributed by atoms with Gasteiger partial charge in [-0.2, -0.15) is 0 Å². The van der Waals surface area contributed by atoms with Gasteiger partial charge in [0.1, 0.15) is 29.2 Å². The Balaban J connectivity index is 0.903. The minimum absolute atomic E-state index is 0.00214. The van der Waals surface area contributed by atoms with Crippen molar-refractivity contribution in [2.45, 2.75) is 141 Å². The van der Waals surface area contributed by atoms with Crippen LogP contribution < -0.4 is 10.7 Å². The molecule has 0 radical (unpaired) electrons. The molecule has 7 aliphatic heterocycles. The molecule has 1 unspecified atom stereocenters. The van der Waals surface area contributed by atoms with E-state index < -0.39 is 35.6 Å². The number of likely N-dealkylation sites (tertiary alicyclic amines) is 3. The maximum Gasteiger partial charge on any atom is 0.325 e. The standard InChI is InChI=1S/C58H78N10O7S/c1-10-74-51-46(61-52(69)47(32(2)3)65-20-17-58(29-65)18-21-66(30-58)55(71)50-48(64(50)8)34-13-14-34)54(70)68-37-22-36(23-37)45(62-68)56(72)75-31-57(5,6)25-41-40-24-35(42-28-76-53(51)60-42)15-16-43(40)67(38-26-63(7)27-38)49(41)39-12-11-19-59-44(39)33(4)73-9/h11-12,15-16,19,24,28,32-34,36-38,45-48,50-51,62H,10,13-14,17-18,20-23,25-27,29-31H2,1-9H3,(H,61,69)/t33-,36?,37?,45-,46-,47-,48+,50+,51-,58-,64?/m0/s1. The summed E-state index contributed by atoms with van der Waals surface area (Å²) < 4.78 is 21.4. The highest BCUT2D eigenvalue weighted by molar-refractivity contribution is 7.10. The van der Waals surface area contributed by atoms with Crippen LogP contribution in [0.15, 0.2) is 41.9 Å². The van der Waals surface area contributed by atoms with Gasteiger partial charge in [0.05, 0.1) is 41.9 Å². The van der Waals surface area contributed by atoms with Crippen LogP contribution in [0.5, 0.6) is 0 Å². The van der Waals surface area contributed by atoms with E-state index in [0.29, 0.717) is 49.3 Å². The van der Waals surface area contributed by atoms with Crippen molar-refractivity contribution in [3.8, 4) is 22.5 Å². The number of hydrogen-bond donors (Lipinski definition) is 2. The van der Waals surface area contributed by atoms with Crippen molar-refractivity contribution in [1.29, 1.82) is 0 Å². The molecule has 10 heterocycles. The Morgan fingerprint density at radius 2 is 1.79 bits per heavy atom. The van der Waals surface area contributed by atoms with Gasteiger partial charge in [0.25, 0.3) is 5.91 Å². The summed E-state index contributed by atoms with van der Waals surface area (Å²) in [6.45, 7) is 17.4. The molecule has 8 bridgehead atoms. The van der Waals surface area contributed by atoms with Crippen molar-refractivity contribution in [1.82, 2.24) is 49.9 Å². The summed E-state index contributed by atoms with van der Waals surface area (Å²) in [5.74, 6) is -0.176. The van der Waals surface area contributed by atoms with Crippen LogP contribution in [0, 0.1) is 28.6 Å². The van der Waals surface area contributed by atoms with Crippen LogP contribution in [0.25, 0.3) is 33.4 Å². The van der Waals surface area contributed by atoms with Gasteiger partial charge in [0.15, 0.2) is 0 Å². The summed E-state index contributed by atoms with van der Waals surface area (Å²) >= 11 is 1.42. The van der Waals surface area contributed by atoms with Crippen LogP contribution in [0.2, 0.25) is 0 Å². The molecule has 76 heavy (non-hydrogen) atoms. The number of thiazole rings is 1. The third-order valence-electron chi connectivity index (χ3n) is 18.7. The number of carbonyl (C=O) groups is 4. The summed E-state index contributed by atoms with van der Waals surface area (Å²) in [4.78, 5) is 78.3. The molecular weight excluding hydrogens is 981 g/mol. The van der Waals surface area contributed by atoms with E-state index in [-0.39, 0.29) is 72.4 Å². The minimum Gasteiger partial charge on any atom is -0.464 e. The van der Waals surface area contributed by atoms with Gasteiger partial charge >= 0.3 is 5.97 Å². The van der Waals surface area contributed by atoms with Crippen molar-refractivity contribution in [3.63, 3.8) is 0 Å². The largest absolute Gasteiger partial charge is 0.464 e. The van der Waals surface area contributed by atoms with Crippen molar-refractivity contribution < 1.29 is 33.4 Å². The summed E-state index contributed by atoms with van der Waals surface area (Å²) in [5.41, 5.74) is 9.62. The Bertz CT molecular complexity index is 2910. The van der Waals surface area contributed by atoms with Crippen molar-refractivity contribution in [3.05, 3.63) is 58.2 Å². The summed E-state index contributed by atoms with van der Waals surface area (Å²) in [6, 6.07) is 8.71. The van der Waals surface area contributed by atoms with E-state index in [1.165, 1.54) is 24.2 Å². The Labute approximate surface area is 451 Å². The Morgan fingerprint density at radius 3 is 2.51 bits per heavy atom. The Kier molecular flexibility index (Phi) is 13.5. The second-order valence-corrected chi connectivity index (χ2v) is 25.9. The number of fused-ring (bicyclic) bond motifs is 4. The molecule has 3 amide bonds. The number of ether oxygens (including phenoxy) is 3. The first-order valence-electron chi connectivity index (χ1n) is 28.2. The molecule has 2 N–H and O–H groups in total. The number of methoxy groups -OCH3 is 1. The highest BCUT2D eigenvalue weighted by Crippen LogP contribution is 2.49. The number of likely N-dealkylation sites (N-methyl/N-ethyl adjacent to an activating group) is 2. The number of pyridine rings is 1. The fourth-order valence-corrected chi connectivity index (χ4v) is 15.2. The number of rotatable bonds is 12. The molecule has 3 aromatic heterocycles. The lowest BCUT2D eigenvalue weighted by Crippen LogP contribution is -2.72. The zero-order chi connectivity index (χ0) is 53.1. The van der Waals surface area contributed by atoms with Gasteiger partial charge in [-0.25, -0.2) is 10.4 Å². The predicted molar refractivity (Wildman–Crippen MR) is 290 cm³/mol. The molecular formula is C58H78N10O7S. The molecule has 408 valence electrons. The summed E-state index contributed by atoms with van der Waals surface area (Å²) in [5, 5.41) is 8.59. The predicted octanol–water partition coefficient (Wildman–Crippen LogP) is 6.24. The number of nitrogens with one attached hydrogen (secondary N) is 2. The maximum absolute atomic E-state index is 15.5. The van der Waals surface area contributed by atoms with Gasteiger partial charge in [-0.1, -0.05) is 33.8 Å². The molecule has 17 nitrogen and oxygen atoms in total. The van der Waals surface area contributed by atoms with E-state index >= 15 is 9.59 Å². The molecule has 13 rings (SSSR count). The number of carbonyl (C=O) groups excluding carboxylic acids is 4. The second-order valence-electron chi connectivity index (χ2n) is 25.1. The monoisotopic (exact) mass is 1060 g/mol. The quantitative estimate of drug-likeness (QED) is 0.121. The third-order valence-corrected chi connectivity index (χ3v) is 19.6. The molecule has 2 saturated carbocycles. The molecule has 1 spiro atoms. The topological polar surface area (TPSA) is 167 Å².